The van der Waals surface area contributed by atoms with Crippen molar-refractivity contribution in [3.05, 3.63) is 0 Å². The number of ether oxygens (including phenoxy) is 1. The predicted octanol–water partition coefficient (Wildman–Crippen LogP) is 2.05. The van der Waals surface area contributed by atoms with Crippen LogP contribution < -0.4 is 0 Å². The number of carbonyl (C=O) groups is 2. The lowest BCUT2D eigenvalue weighted by atomic mass is 9.75. The fourth-order valence-corrected chi connectivity index (χ4v) is 3.37. The summed E-state index contributed by atoms with van der Waals surface area (Å²) in [4.78, 5) is 25.7. The third-order valence-corrected chi connectivity index (χ3v) is 5.23. The number of carboxylic acids is 1. The van der Waals surface area contributed by atoms with Crippen molar-refractivity contribution in [2.75, 3.05) is 20.2 Å². The van der Waals surface area contributed by atoms with Gasteiger partial charge in [0.1, 0.15) is 0 Å². The van der Waals surface area contributed by atoms with Crippen molar-refractivity contribution in [2.45, 2.75) is 57.5 Å². The Hall–Kier alpha value is -1.10. The smallest absolute Gasteiger partial charge is 0.311 e. The maximum absolute atomic E-state index is 12.4. The summed E-state index contributed by atoms with van der Waals surface area (Å²) < 4.78 is 5.50. The molecule has 2 fully saturated rings. The van der Waals surface area contributed by atoms with Crippen LogP contribution in [0.3, 0.4) is 0 Å². The predicted molar refractivity (Wildman–Crippen MR) is 74.4 cm³/mol. The fraction of sp³-hybridized carbons (Fsp3) is 0.867. The number of likely N-dealkylation sites (tertiary alicyclic amines) is 1. The molecule has 1 saturated heterocycles. The Morgan fingerprint density at radius 2 is 1.95 bits per heavy atom. The van der Waals surface area contributed by atoms with Crippen molar-refractivity contribution < 1.29 is 19.4 Å². The van der Waals surface area contributed by atoms with Crippen molar-refractivity contribution in [3.63, 3.8) is 0 Å². The van der Waals surface area contributed by atoms with Gasteiger partial charge >= 0.3 is 5.97 Å². The van der Waals surface area contributed by atoms with Gasteiger partial charge in [0.2, 0.25) is 5.91 Å². The van der Waals surface area contributed by atoms with E-state index in [-0.39, 0.29) is 11.5 Å². The number of carboxylic acid groups (broad SMARTS) is 1. The summed E-state index contributed by atoms with van der Waals surface area (Å²) in [5.41, 5.74) is -1.04. The second-order valence-corrected chi connectivity index (χ2v) is 6.28. The number of amides is 1. The van der Waals surface area contributed by atoms with Gasteiger partial charge in [-0.05, 0) is 38.5 Å². The van der Waals surface area contributed by atoms with Gasteiger partial charge in [-0.15, -0.1) is 0 Å². The molecular weight excluding hydrogens is 258 g/mol. The number of hydrogen-bond acceptors (Lipinski definition) is 3. The van der Waals surface area contributed by atoms with Gasteiger partial charge in [0, 0.05) is 20.2 Å². The summed E-state index contributed by atoms with van der Waals surface area (Å²) in [6.07, 6.45) is 5.37. The highest BCUT2D eigenvalue weighted by Crippen LogP contribution is 2.40. The first-order valence-electron chi connectivity index (χ1n) is 7.53. The summed E-state index contributed by atoms with van der Waals surface area (Å²) in [6, 6.07) is 0. The zero-order chi connectivity index (χ0) is 14.8. The van der Waals surface area contributed by atoms with E-state index in [1.54, 1.807) is 12.0 Å². The van der Waals surface area contributed by atoms with Crippen LogP contribution >= 0.6 is 0 Å². The Kier molecular flexibility index (Phi) is 4.37. The maximum Gasteiger partial charge on any atom is 0.311 e. The van der Waals surface area contributed by atoms with Crippen molar-refractivity contribution >= 4 is 11.9 Å². The number of hydrogen-bond donors (Lipinski definition) is 1. The van der Waals surface area contributed by atoms with Crippen LogP contribution in [0.2, 0.25) is 0 Å². The summed E-state index contributed by atoms with van der Waals surface area (Å²) in [5.74, 6) is -0.729. The van der Waals surface area contributed by atoms with Gasteiger partial charge in [0.25, 0.3) is 0 Å². The number of methoxy groups -OCH3 is 1. The Labute approximate surface area is 120 Å². The fourth-order valence-electron chi connectivity index (χ4n) is 3.37. The number of nitrogens with zero attached hydrogens (tertiary/aromatic N) is 1. The van der Waals surface area contributed by atoms with Crippen molar-refractivity contribution in [1.29, 1.82) is 0 Å². The van der Waals surface area contributed by atoms with Gasteiger partial charge in [0.05, 0.1) is 17.4 Å². The van der Waals surface area contributed by atoms with Gasteiger partial charge in [0.15, 0.2) is 0 Å². The highest BCUT2D eigenvalue weighted by Gasteiger charge is 2.45. The van der Waals surface area contributed by atoms with Gasteiger partial charge in [-0.25, -0.2) is 0 Å². The monoisotopic (exact) mass is 283 g/mol. The highest BCUT2D eigenvalue weighted by molar-refractivity contribution is 5.80. The van der Waals surface area contributed by atoms with Crippen molar-refractivity contribution in [1.82, 2.24) is 4.90 Å². The largest absolute Gasteiger partial charge is 0.481 e. The molecule has 5 nitrogen and oxygen atoms in total. The molecule has 1 aliphatic carbocycles. The topological polar surface area (TPSA) is 66.8 Å². The molecule has 2 aliphatic rings. The molecule has 0 aromatic heterocycles. The summed E-state index contributed by atoms with van der Waals surface area (Å²) in [5, 5.41) is 9.46. The molecule has 2 rings (SSSR count). The van der Waals surface area contributed by atoms with E-state index in [1.807, 2.05) is 6.92 Å². The second-order valence-electron chi connectivity index (χ2n) is 6.28. The lowest BCUT2D eigenvalue weighted by Gasteiger charge is -2.44. The average Bonchev–Trinajstić information content (AvgIpc) is 2.42. The summed E-state index contributed by atoms with van der Waals surface area (Å²) in [7, 11) is 1.66. The lowest BCUT2D eigenvalue weighted by Crippen LogP contribution is -2.52. The molecule has 0 aromatic carbocycles. The first-order valence-corrected chi connectivity index (χ1v) is 7.53. The molecule has 1 amide bonds. The molecule has 1 N–H and O–H groups in total. The first-order chi connectivity index (χ1) is 9.47. The SMILES string of the molecule is CCC1(C(=O)O)CCCN(C(=O)CC2(OC)CCC2)C1. The molecule has 1 heterocycles. The van der Waals surface area contributed by atoms with Crippen molar-refractivity contribution in [2.24, 2.45) is 5.41 Å². The molecule has 1 atom stereocenters. The quantitative estimate of drug-likeness (QED) is 0.838. The molecule has 20 heavy (non-hydrogen) atoms. The zero-order valence-corrected chi connectivity index (χ0v) is 12.5. The van der Waals surface area contributed by atoms with Crippen molar-refractivity contribution in [3.8, 4) is 0 Å². The molecule has 0 aromatic rings. The van der Waals surface area contributed by atoms with Crippen LogP contribution in [0.5, 0.6) is 0 Å². The Morgan fingerprint density at radius 1 is 1.25 bits per heavy atom. The van der Waals surface area contributed by atoms with Crippen LogP contribution in [-0.2, 0) is 14.3 Å². The Morgan fingerprint density at radius 3 is 2.40 bits per heavy atom. The van der Waals surface area contributed by atoms with Gasteiger partial charge < -0.3 is 14.7 Å². The number of aliphatic carboxylic acids is 1. The van der Waals surface area contributed by atoms with Gasteiger partial charge in [-0.2, -0.15) is 0 Å². The molecule has 0 spiro atoms. The zero-order valence-electron chi connectivity index (χ0n) is 12.5. The maximum atomic E-state index is 12.4. The molecular formula is C15H25NO4. The summed E-state index contributed by atoms with van der Waals surface area (Å²) >= 11 is 0. The Bertz CT molecular complexity index is 386. The van der Waals surface area contributed by atoms with E-state index in [1.165, 1.54) is 0 Å². The Balaban J connectivity index is 2.01. The minimum Gasteiger partial charge on any atom is -0.481 e. The third kappa shape index (κ3) is 2.68. The second kappa shape index (κ2) is 5.72. The molecule has 1 saturated carbocycles. The highest BCUT2D eigenvalue weighted by atomic mass is 16.5. The normalized spacial score (nSPS) is 28.8. The first kappa shape index (κ1) is 15.3. The third-order valence-electron chi connectivity index (χ3n) is 5.23. The van der Waals surface area contributed by atoms with E-state index in [9.17, 15) is 14.7 Å². The van der Waals surface area contributed by atoms with E-state index in [4.69, 9.17) is 4.74 Å². The molecule has 0 bridgehead atoms. The minimum atomic E-state index is -0.775. The van der Waals surface area contributed by atoms with E-state index in [0.29, 0.717) is 32.4 Å². The van der Waals surface area contributed by atoms with Gasteiger partial charge in [-0.3, -0.25) is 9.59 Å². The number of rotatable bonds is 5. The minimum absolute atomic E-state index is 0.0466. The van der Waals surface area contributed by atoms with Crippen LogP contribution in [0.15, 0.2) is 0 Å². The average molecular weight is 283 g/mol. The van der Waals surface area contributed by atoms with E-state index < -0.39 is 11.4 Å². The molecule has 5 heteroatoms. The standard InChI is InChI=1S/C15H25NO4/c1-3-14(13(18)19)6-5-9-16(11-14)12(17)10-15(20-2)7-4-8-15/h3-11H2,1-2H3,(H,18,19). The number of carbonyl (C=O) groups excluding carboxylic acids is 1. The molecule has 114 valence electrons. The summed E-state index contributed by atoms with van der Waals surface area (Å²) in [6.45, 7) is 2.91. The van der Waals surface area contributed by atoms with E-state index in [2.05, 4.69) is 0 Å². The van der Waals surface area contributed by atoms with E-state index in [0.717, 1.165) is 25.7 Å². The van der Waals surface area contributed by atoms with Gasteiger partial charge in [-0.1, -0.05) is 6.92 Å². The van der Waals surface area contributed by atoms with Crippen LogP contribution in [-0.4, -0.2) is 47.7 Å². The van der Waals surface area contributed by atoms with Crippen LogP contribution in [0.25, 0.3) is 0 Å². The molecule has 1 aliphatic heterocycles. The lowest BCUT2D eigenvalue weighted by molar-refractivity contribution is -0.158. The molecule has 0 radical (unpaired) electrons. The van der Waals surface area contributed by atoms with Crippen LogP contribution in [0.4, 0.5) is 0 Å². The van der Waals surface area contributed by atoms with Crippen LogP contribution in [0, 0.1) is 5.41 Å². The molecule has 1 unspecified atom stereocenters. The van der Waals surface area contributed by atoms with E-state index >= 15 is 0 Å². The number of piperidine rings is 1. The van der Waals surface area contributed by atoms with Crippen LogP contribution in [0.1, 0.15) is 51.9 Å².